The number of carbonyl (C=O) groups excluding carboxylic acids is 1. The number of nitrogen functional groups attached to an aromatic ring is 1. The normalized spacial score (nSPS) is 25.2. The number of nitrogens with zero attached hydrogens (tertiary/aromatic N) is 4. The molecule has 8 nitrogen and oxygen atoms in total. The summed E-state index contributed by atoms with van der Waals surface area (Å²) in [5.74, 6) is -1.03. The Labute approximate surface area is 238 Å². The van der Waals surface area contributed by atoms with Gasteiger partial charge in [0.1, 0.15) is 40.2 Å². The number of nitriles is 1. The molecule has 3 aliphatic carbocycles. The van der Waals surface area contributed by atoms with Gasteiger partial charge in [0.2, 0.25) is 0 Å². The molecule has 0 spiro atoms. The first kappa shape index (κ1) is 25.1. The number of halogens is 2. The number of benzene rings is 1. The molecule has 4 fully saturated rings. The lowest BCUT2D eigenvalue weighted by Gasteiger charge is -2.16. The summed E-state index contributed by atoms with van der Waals surface area (Å²) in [6.45, 7) is 4.71. The second-order valence-corrected chi connectivity index (χ2v) is 13.2. The molecule has 11 heteroatoms. The van der Waals surface area contributed by atoms with Gasteiger partial charge in [-0.15, -0.1) is 11.3 Å². The molecule has 0 bridgehead atoms. The van der Waals surface area contributed by atoms with Crippen LogP contribution in [0.5, 0.6) is 0 Å². The van der Waals surface area contributed by atoms with Crippen LogP contribution in [0.2, 0.25) is 0 Å². The van der Waals surface area contributed by atoms with Crippen LogP contribution >= 0.6 is 11.3 Å². The lowest BCUT2D eigenvalue weighted by atomic mass is 9.96. The Morgan fingerprint density at radius 3 is 2.71 bits per heavy atom. The lowest BCUT2D eigenvalue weighted by Crippen LogP contribution is -2.37. The molecule has 4 aromatic rings. The number of hydrogen-bond acceptors (Lipinski definition) is 8. The Morgan fingerprint density at radius 1 is 1.24 bits per heavy atom. The van der Waals surface area contributed by atoms with Crippen LogP contribution < -0.4 is 11.1 Å². The minimum Gasteiger partial charge on any atom is -0.461 e. The zero-order valence-corrected chi connectivity index (χ0v) is 23.4. The molecule has 41 heavy (non-hydrogen) atoms. The van der Waals surface area contributed by atoms with Crippen LogP contribution in [0.1, 0.15) is 74.4 Å². The van der Waals surface area contributed by atoms with Crippen LogP contribution in [0.3, 0.4) is 0 Å². The number of pyridine rings is 1. The highest BCUT2D eigenvalue weighted by Gasteiger charge is 2.63. The summed E-state index contributed by atoms with van der Waals surface area (Å²) in [5.41, 5.74) is 8.51. The van der Waals surface area contributed by atoms with E-state index in [1.165, 1.54) is 12.1 Å². The van der Waals surface area contributed by atoms with Gasteiger partial charge in [-0.05, 0) is 62.1 Å². The Kier molecular flexibility index (Phi) is 5.33. The summed E-state index contributed by atoms with van der Waals surface area (Å²) in [7, 11) is 0. The summed E-state index contributed by atoms with van der Waals surface area (Å²) in [4.78, 5) is 17.8. The molecular formula is C30H28F2N6O2S. The number of piperidine rings is 1. The second kappa shape index (κ2) is 8.69. The summed E-state index contributed by atoms with van der Waals surface area (Å²) in [6, 6.07) is 4.54. The quantitative estimate of drug-likeness (QED) is 0.292. The number of hydrogen-bond donors (Lipinski definition) is 2. The molecular weight excluding hydrogens is 546 g/mol. The fraction of sp³-hybridized carbons (Fsp3) is 0.467. The highest BCUT2D eigenvalue weighted by Crippen LogP contribution is 2.60. The Morgan fingerprint density at radius 2 is 2.02 bits per heavy atom. The summed E-state index contributed by atoms with van der Waals surface area (Å²) >= 11 is 0.981. The predicted molar refractivity (Wildman–Crippen MR) is 150 cm³/mol. The van der Waals surface area contributed by atoms with Crippen molar-refractivity contribution in [1.29, 1.82) is 5.26 Å². The van der Waals surface area contributed by atoms with Gasteiger partial charge < -0.3 is 15.8 Å². The second-order valence-electron chi connectivity index (χ2n) is 12.1. The molecule has 8 rings (SSSR count). The monoisotopic (exact) mass is 574 g/mol. The molecule has 3 aromatic heterocycles. The minimum absolute atomic E-state index is 0.0134. The van der Waals surface area contributed by atoms with E-state index >= 15 is 4.39 Å². The molecule has 3 saturated carbocycles. The fourth-order valence-corrected chi connectivity index (χ4v) is 7.68. The van der Waals surface area contributed by atoms with Crippen LogP contribution in [0, 0.1) is 34.8 Å². The van der Waals surface area contributed by atoms with Gasteiger partial charge in [-0.3, -0.25) is 9.48 Å². The molecule has 1 aromatic carbocycles. The maximum Gasteiger partial charge on any atom is 0.323 e. The number of ether oxygens (including phenoxy) is 1. The van der Waals surface area contributed by atoms with Gasteiger partial charge in [0.05, 0.1) is 27.7 Å². The van der Waals surface area contributed by atoms with Crippen molar-refractivity contribution in [3.8, 4) is 17.3 Å². The summed E-state index contributed by atoms with van der Waals surface area (Å²) in [5, 5.41) is 19.4. The first-order valence-electron chi connectivity index (χ1n) is 14.2. The number of nitrogens with two attached hydrogens (primary N) is 1. The number of esters is 1. The van der Waals surface area contributed by atoms with Crippen molar-refractivity contribution in [3.63, 3.8) is 0 Å². The Balaban J connectivity index is 1.32. The van der Waals surface area contributed by atoms with E-state index in [4.69, 9.17) is 20.6 Å². The molecule has 1 aliphatic heterocycles. The Bertz CT molecular complexity index is 1830. The van der Waals surface area contributed by atoms with E-state index in [0.717, 1.165) is 42.7 Å². The molecule has 3 N–H and O–H groups in total. The standard InChI is InChI=1S/C30H28F2N6O2S/c1-11(2)23-21-25(19-16-10-35-26(20(16)19)30(39)40-13-5-6-13)37-38(12-3-4-12)27(21)22(32)24(36-23)14-7-8-17(31)28-18(14)15(9-33)29(34)41-28/h7-8,11-13,16,19-20,26,35H,3-6,10,34H2,1-2H3/t16-,19-,20-,26+/m0/s1. The van der Waals surface area contributed by atoms with Crippen molar-refractivity contribution in [2.45, 2.75) is 69.6 Å². The molecule has 210 valence electrons. The van der Waals surface area contributed by atoms with Gasteiger partial charge >= 0.3 is 5.97 Å². The van der Waals surface area contributed by atoms with E-state index in [-0.39, 0.29) is 74.2 Å². The molecule has 0 radical (unpaired) electrons. The van der Waals surface area contributed by atoms with Gasteiger partial charge in [-0.1, -0.05) is 13.8 Å². The topological polar surface area (TPSA) is 119 Å². The zero-order chi connectivity index (χ0) is 28.3. The molecule has 0 amide bonds. The van der Waals surface area contributed by atoms with Crippen LogP contribution in [0.25, 0.3) is 32.2 Å². The molecule has 4 aliphatic rings. The van der Waals surface area contributed by atoms with E-state index < -0.39 is 11.6 Å². The van der Waals surface area contributed by atoms with Crippen molar-refractivity contribution < 1.29 is 18.3 Å². The van der Waals surface area contributed by atoms with Crippen molar-refractivity contribution in [1.82, 2.24) is 20.1 Å². The molecule has 4 heterocycles. The molecule has 1 saturated heterocycles. The van der Waals surface area contributed by atoms with Crippen molar-refractivity contribution in [2.24, 2.45) is 11.8 Å². The first-order chi connectivity index (χ1) is 19.8. The summed E-state index contributed by atoms with van der Waals surface area (Å²) < 4.78 is 39.3. The first-order valence-corrected chi connectivity index (χ1v) is 15.1. The van der Waals surface area contributed by atoms with E-state index in [2.05, 4.69) is 11.4 Å². The fourth-order valence-electron chi connectivity index (χ4n) is 6.73. The number of nitrogens with one attached hydrogen (secondary N) is 1. The number of thiophene rings is 1. The third-order valence-electron chi connectivity index (χ3n) is 9.03. The largest absolute Gasteiger partial charge is 0.461 e. The third-order valence-corrected chi connectivity index (χ3v) is 10.1. The third kappa shape index (κ3) is 3.66. The SMILES string of the molecule is CC(C)c1nc(-c2ccc(F)c3sc(N)c(C#N)c23)c(F)c2c1c([C@H]1[C@@H]3CN[C@@H](C(=O)OC4CC4)[C@@H]31)nn2C1CC1. The van der Waals surface area contributed by atoms with Crippen LogP contribution in [-0.4, -0.2) is 39.4 Å². The van der Waals surface area contributed by atoms with Crippen LogP contribution in [0.15, 0.2) is 12.1 Å². The average molecular weight is 575 g/mol. The van der Waals surface area contributed by atoms with Gasteiger partial charge in [-0.25, -0.2) is 13.8 Å². The maximum atomic E-state index is 16.8. The Hall–Kier alpha value is -3.62. The van der Waals surface area contributed by atoms with E-state index in [1.54, 1.807) is 0 Å². The van der Waals surface area contributed by atoms with Gasteiger partial charge in [0.25, 0.3) is 0 Å². The lowest BCUT2D eigenvalue weighted by molar-refractivity contribution is -0.147. The van der Waals surface area contributed by atoms with Gasteiger partial charge in [-0.2, -0.15) is 10.4 Å². The van der Waals surface area contributed by atoms with E-state index in [1.807, 2.05) is 18.5 Å². The maximum absolute atomic E-state index is 16.8. The minimum atomic E-state index is -0.537. The summed E-state index contributed by atoms with van der Waals surface area (Å²) in [6.07, 6.45) is 3.69. The zero-order valence-electron chi connectivity index (χ0n) is 22.6. The number of aromatic nitrogens is 3. The number of fused-ring (bicyclic) bond motifs is 3. The molecule has 4 atom stereocenters. The van der Waals surface area contributed by atoms with Crippen molar-refractivity contribution in [3.05, 3.63) is 40.7 Å². The highest BCUT2D eigenvalue weighted by atomic mass is 32.1. The van der Waals surface area contributed by atoms with E-state index in [0.29, 0.717) is 28.7 Å². The van der Waals surface area contributed by atoms with Gasteiger partial charge in [0.15, 0.2) is 5.82 Å². The van der Waals surface area contributed by atoms with Gasteiger partial charge in [0, 0.05) is 22.3 Å². The predicted octanol–water partition coefficient (Wildman–Crippen LogP) is 5.51. The van der Waals surface area contributed by atoms with Crippen molar-refractivity contribution in [2.75, 3.05) is 12.3 Å². The highest BCUT2D eigenvalue weighted by molar-refractivity contribution is 7.23. The number of anilines is 1. The average Bonchev–Trinajstić information content (AvgIpc) is 3.91. The smallest absolute Gasteiger partial charge is 0.323 e. The van der Waals surface area contributed by atoms with E-state index in [9.17, 15) is 14.4 Å². The van der Waals surface area contributed by atoms with Crippen LogP contribution in [0.4, 0.5) is 13.8 Å². The van der Waals surface area contributed by atoms with Crippen molar-refractivity contribution >= 4 is 43.3 Å². The number of carbonyl (C=O) groups is 1. The van der Waals surface area contributed by atoms with Crippen LogP contribution in [-0.2, 0) is 9.53 Å². The molecule has 0 unspecified atom stereocenters. The number of rotatable bonds is 6.